The van der Waals surface area contributed by atoms with E-state index < -0.39 is 5.54 Å². The topological polar surface area (TPSA) is 55.1 Å². The molecule has 2 rings (SSSR count). The molecule has 1 aromatic rings. The Balaban J connectivity index is 2.02. The Hall–Kier alpha value is -0.520. The number of thiophene rings is 1. The Labute approximate surface area is 123 Å². The van der Waals surface area contributed by atoms with E-state index in [2.05, 4.69) is 29.8 Å². The van der Waals surface area contributed by atoms with Gasteiger partial charge in [-0.1, -0.05) is 13.0 Å². The average Bonchev–Trinajstić information content (AvgIpc) is 2.89. The van der Waals surface area contributed by atoms with E-state index in [0.29, 0.717) is 5.25 Å². The molecule has 0 spiro atoms. The summed E-state index contributed by atoms with van der Waals surface area (Å²) in [7, 11) is 0. The predicted octanol–water partition coefficient (Wildman–Crippen LogP) is 3.01. The van der Waals surface area contributed by atoms with Gasteiger partial charge in [-0.2, -0.15) is 0 Å². The summed E-state index contributed by atoms with van der Waals surface area (Å²) in [4.78, 5) is 11.9. The first-order valence-electron chi connectivity index (χ1n) is 6.91. The second kappa shape index (κ2) is 6.77. The molecule has 1 fully saturated rings. The molecular weight excluding hydrogens is 276 g/mol. The summed E-state index contributed by atoms with van der Waals surface area (Å²) in [5, 5.41) is 6.00. The minimum absolute atomic E-state index is 0.183. The standard InChI is InChI=1S/C14H22N2OS2/c1-2-8-16-14(13(15)17)7-3-5-11(10-14)19-12-6-4-9-18-12/h4,6,9,11,16H,2-3,5,7-8,10H2,1H3,(H2,15,17). The lowest BCUT2D eigenvalue weighted by molar-refractivity contribution is -0.125. The molecule has 0 saturated heterocycles. The SMILES string of the molecule is CCCNC1(C(N)=O)CCCC(Sc2cccs2)C1. The first-order valence-corrected chi connectivity index (χ1v) is 8.67. The van der Waals surface area contributed by atoms with E-state index in [-0.39, 0.29) is 5.91 Å². The summed E-state index contributed by atoms with van der Waals surface area (Å²) < 4.78 is 1.33. The van der Waals surface area contributed by atoms with E-state index in [0.717, 1.165) is 32.2 Å². The number of carbonyl (C=O) groups is 1. The van der Waals surface area contributed by atoms with Crippen LogP contribution in [0.3, 0.4) is 0 Å². The Bertz CT molecular complexity index is 408. The number of nitrogens with two attached hydrogens (primary N) is 1. The number of rotatable bonds is 6. The largest absolute Gasteiger partial charge is 0.368 e. The van der Waals surface area contributed by atoms with Gasteiger partial charge in [0.25, 0.3) is 0 Å². The lowest BCUT2D eigenvalue weighted by atomic mass is 9.80. The zero-order valence-electron chi connectivity index (χ0n) is 11.4. The molecule has 0 radical (unpaired) electrons. The van der Waals surface area contributed by atoms with Crippen molar-refractivity contribution in [3.63, 3.8) is 0 Å². The minimum Gasteiger partial charge on any atom is -0.368 e. The summed E-state index contributed by atoms with van der Waals surface area (Å²) in [5.41, 5.74) is 5.19. The molecule has 3 nitrogen and oxygen atoms in total. The van der Waals surface area contributed by atoms with Crippen LogP contribution >= 0.6 is 23.1 Å². The fraction of sp³-hybridized carbons (Fsp3) is 0.643. The van der Waals surface area contributed by atoms with Gasteiger partial charge in [-0.3, -0.25) is 4.79 Å². The van der Waals surface area contributed by atoms with Crippen LogP contribution in [0.15, 0.2) is 21.7 Å². The van der Waals surface area contributed by atoms with E-state index in [1.54, 1.807) is 11.3 Å². The van der Waals surface area contributed by atoms with Gasteiger partial charge in [0.1, 0.15) is 0 Å². The van der Waals surface area contributed by atoms with Gasteiger partial charge in [-0.05, 0) is 50.1 Å². The van der Waals surface area contributed by atoms with Crippen LogP contribution in [0.1, 0.15) is 39.0 Å². The number of hydrogen-bond acceptors (Lipinski definition) is 4. The van der Waals surface area contributed by atoms with Gasteiger partial charge >= 0.3 is 0 Å². The third kappa shape index (κ3) is 3.74. The molecule has 0 bridgehead atoms. The van der Waals surface area contributed by atoms with Crippen LogP contribution in [0.25, 0.3) is 0 Å². The highest BCUT2D eigenvalue weighted by molar-refractivity contribution is 8.01. The van der Waals surface area contributed by atoms with Crippen LogP contribution in [0.5, 0.6) is 0 Å². The number of carbonyl (C=O) groups excluding carboxylic acids is 1. The van der Waals surface area contributed by atoms with Crippen molar-refractivity contribution in [2.45, 2.75) is 54.0 Å². The molecule has 3 N–H and O–H groups in total. The molecule has 0 aromatic carbocycles. The fourth-order valence-corrected chi connectivity index (χ4v) is 5.04. The highest BCUT2D eigenvalue weighted by Crippen LogP contribution is 2.39. The van der Waals surface area contributed by atoms with E-state index in [1.807, 2.05) is 11.8 Å². The molecule has 0 aliphatic heterocycles. The molecule has 19 heavy (non-hydrogen) atoms. The van der Waals surface area contributed by atoms with Gasteiger partial charge in [0.15, 0.2) is 0 Å². The molecular formula is C14H22N2OS2. The number of nitrogens with one attached hydrogen (secondary N) is 1. The molecule has 5 heteroatoms. The van der Waals surface area contributed by atoms with Crippen LogP contribution in [-0.2, 0) is 4.79 Å². The van der Waals surface area contributed by atoms with Gasteiger partial charge in [-0.15, -0.1) is 23.1 Å². The van der Waals surface area contributed by atoms with Gasteiger partial charge in [0.05, 0.1) is 9.75 Å². The lowest BCUT2D eigenvalue weighted by Gasteiger charge is -2.39. The van der Waals surface area contributed by atoms with Crippen molar-refractivity contribution >= 4 is 29.0 Å². The molecule has 2 unspecified atom stereocenters. The monoisotopic (exact) mass is 298 g/mol. The highest BCUT2D eigenvalue weighted by Gasteiger charge is 2.41. The van der Waals surface area contributed by atoms with Gasteiger partial charge in [0.2, 0.25) is 5.91 Å². The Morgan fingerprint density at radius 2 is 2.53 bits per heavy atom. The Kier molecular flexibility index (Phi) is 5.30. The maximum atomic E-state index is 11.9. The number of thioether (sulfide) groups is 1. The van der Waals surface area contributed by atoms with Gasteiger partial charge < -0.3 is 11.1 Å². The molecule has 1 aromatic heterocycles. The summed E-state index contributed by atoms with van der Waals surface area (Å²) in [6, 6.07) is 4.22. The maximum Gasteiger partial charge on any atom is 0.237 e. The van der Waals surface area contributed by atoms with Crippen molar-refractivity contribution in [1.82, 2.24) is 5.32 Å². The normalized spacial score (nSPS) is 27.3. The van der Waals surface area contributed by atoms with Gasteiger partial charge in [0, 0.05) is 5.25 Å². The smallest absolute Gasteiger partial charge is 0.237 e. The van der Waals surface area contributed by atoms with Crippen LogP contribution in [0.4, 0.5) is 0 Å². The zero-order chi connectivity index (χ0) is 13.7. The summed E-state index contributed by atoms with van der Waals surface area (Å²) in [6.45, 7) is 2.97. The fourth-order valence-electron chi connectivity index (χ4n) is 2.66. The van der Waals surface area contributed by atoms with E-state index >= 15 is 0 Å². The first kappa shape index (κ1) is 14.9. The van der Waals surface area contributed by atoms with Crippen molar-refractivity contribution in [2.75, 3.05) is 6.54 Å². The summed E-state index contributed by atoms with van der Waals surface area (Å²) in [5.74, 6) is -0.183. The van der Waals surface area contributed by atoms with E-state index in [4.69, 9.17) is 5.73 Å². The molecule has 106 valence electrons. The van der Waals surface area contributed by atoms with Crippen molar-refractivity contribution in [1.29, 1.82) is 0 Å². The molecule has 1 saturated carbocycles. The molecule has 1 amide bonds. The number of amides is 1. The van der Waals surface area contributed by atoms with Crippen LogP contribution < -0.4 is 11.1 Å². The molecule has 1 aliphatic rings. The molecule has 1 aliphatic carbocycles. The Morgan fingerprint density at radius 3 is 3.16 bits per heavy atom. The van der Waals surface area contributed by atoms with Crippen LogP contribution in [-0.4, -0.2) is 23.2 Å². The van der Waals surface area contributed by atoms with Gasteiger partial charge in [-0.25, -0.2) is 0 Å². The number of primary amides is 1. The van der Waals surface area contributed by atoms with Crippen molar-refractivity contribution in [3.8, 4) is 0 Å². The highest BCUT2D eigenvalue weighted by atomic mass is 32.2. The second-order valence-corrected chi connectivity index (χ2v) is 7.69. The van der Waals surface area contributed by atoms with Crippen molar-refractivity contribution in [2.24, 2.45) is 5.73 Å². The van der Waals surface area contributed by atoms with E-state index in [1.165, 1.54) is 10.6 Å². The maximum absolute atomic E-state index is 11.9. The predicted molar refractivity (Wildman–Crippen MR) is 82.7 cm³/mol. The van der Waals surface area contributed by atoms with Crippen LogP contribution in [0, 0.1) is 0 Å². The summed E-state index contributed by atoms with van der Waals surface area (Å²) >= 11 is 3.66. The van der Waals surface area contributed by atoms with Crippen molar-refractivity contribution < 1.29 is 4.79 Å². The minimum atomic E-state index is -0.483. The molecule has 1 heterocycles. The lowest BCUT2D eigenvalue weighted by Crippen LogP contribution is -2.58. The number of hydrogen-bond donors (Lipinski definition) is 2. The third-order valence-electron chi connectivity index (χ3n) is 3.67. The first-order chi connectivity index (χ1) is 9.16. The van der Waals surface area contributed by atoms with Crippen molar-refractivity contribution in [3.05, 3.63) is 17.5 Å². The Morgan fingerprint density at radius 1 is 1.68 bits per heavy atom. The second-order valence-electron chi connectivity index (χ2n) is 5.14. The van der Waals surface area contributed by atoms with E-state index in [9.17, 15) is 4.79 Å². The zero-order valence-corrected chi connectivity index (χ0v) is 13.0. The van der Waals surface area contributed by atoms with Crippen LogP contribution in [0.2, 0.25) is 0 Å². The summed E-state index contributed by atoms with van der Waals surface area (Å²) in [6.07, 6.45) is 5.00. The quantitative estimate of drug-likeness (QED) is 0.849. The average molecular weight is 298 g/mol. The third-order valence-corrected chi connectivity index (χ3v) is 6.01. The molecule has 2 atom stereocenters.